The van der Waals surface area contributed by atoms with Crippen molar-refractivity contribution in [3.05, 3.63) is 41.9 Å². The Morgan fingerprint density at radius 1 is 1.18 bits per heavy atom. The Hall–Kier alpha value is -1.77. The number of hydrogen-bond acceptors (Lipinski definition) is 3. The monoisotopic (exact) mass is 227 g/mol. The molecule has 17 heavy (non-hydrogen) atoms. The number of nitrogens with zero attached hydrogens (tertiary/aromatic N) is 3. The van der Waals surface area contributed by atoms with Gasteiger partial charge in [-0.05, 0) is 30.0 Å². The Morgan fingerprint density at radius 3 is 2.59 bits per heavy atom. The molecule has 0 bridgehead atoms. The van der Waals surface area contributed by atoms with Crippen LogP contribution in [0.1, 0.15) is 37.9 Å². The first-order valence-corrected chi connectivity index (χ1v) is 5.99. The predicted molar refractivity (Wildman–Crippen MR) is 68.7 cm³/mol. The van der Waals surface area contributed by atoms with Gasteiger partial charge in [0.25, 0.3) is 0 Å². The van der Waals surface area contributed by atoms with Crippen LogP contribution in [0.2, 0.25) is 0 Å². The van der Waals surface area contributed by atoms with E-state index in [4.69, 9.17) is 0 Å². The number of hydrogen-bond donors (Lipinski definition) is 0. The zero-order chi connectivity index (χ0) is 12.3. The Labute approximate surface area is 102 Å². The minimum Gasteiger partial charge on any atom is -0.253 e. The molecule has 2 aromatic heterocycles. The third kappa shape index (κ3) is 2.49. The van der Waals surface area contributed by atoms with Gasteiger partial charge in [-0.1, -0.05) is 26.8 Å². The predicted octanol–water partition coefficient (Wildman–Crippen LogP) is 3.22. The lowest BCUT2D eigenvalue weighted by Gasteiger charge is -2.11. The van der Waals surface area contributed by atoms with Crippen molar-refractivity contribution >= 4 is 0 Å². The maximum atomic E-state index is 4.61. The van der Waals surface area contributed by atoms with Crippen molar-refractivity contribution in [2.75, 3.05) is 0 Å². The van der Waals surface area contributed by atoms with Crippen molar-refractivity contribution < 1.29 is 0 Å². The molecular weight excluding hydrogens is 210 g/mol. The second-order valence-corrected chi connectivity index (χ2v) is 4.32. The first-order chi connectivity index (χ1) is 8.22. The molecule has 0 aliphatic heterocycles. The number of aromatic nitrogens is 3. The molecule has 0 spiro atoms. The van der Waals surface area contributed by atoms with E-state index in [1.165, 1.54) is 5.56 Å². The van der Waals surface area contributed by atoms with Gasteiger partial charge in [-0.3, -0.25) is 4.98 Å². The molecule has 0 radical (unpaired) electrons. The molecule has 0 aliphatic carbocycles. The number of rotatable bonds is 3. The van der Waals surface area contributed by atoms with Crippen LogP contribution in [0.15, 0.2) is 30.6 Å². The van der Waals surface area contributed by atoms with Crippen molar-refractivity contribution in [1.82, 2.24) is 15.0 Å². The Morgan fingerprint density at radius 2 is 2.00 bits per heavy atom. The second kappa shape index (κ2) is 5.04. The van der Waals surface area contributed by atoms with E-state index in [1.54, 1.807) is 6.20 Å². The van der Waals surface area contributed by atoms with Crippen LogP contribution in [0.4, 0.5) is 0 Å². The summed E-state index contributed by atoms with van der Waals surface area (Å²) in [6.45, 7) is 6.45. The highest BCUT2D eigenvalue weighted by Gasteiger charge is 2.10. The molecular formula is C14H17N3. The van der Waals surface area contributed by atoms with Gasteiger partial charge in [-0.25, -0.2) is 9.97 Å². The summed E-state index contributed by atoms with van der Waals surface area (Å²) in [5, 5.41) is 0. The fourth-order valence-corrected chi connectivity index (χ4v) is 1.81. The molecule has 0 fully saturated rings. The highest BCUT2D eigenvalue weighted by molar-refractivity contribution is 5.49. The van der Waals surface area contributed by atoms with Gasteiger partial charge in [-0.15, -0.1) is 0 Å². The van der Waals surface area contributed by atoms with Crippen molar-refractivity contribution in [2.24, 2.45) is 0 Å². The Kier molecular flexibility index (Phi) is 3.47. The molecule has 88 valence electrons. The lowest BCUT2D eigenvalue weighted by atomic mass is 10.0. The van der Waals surface area contributed by atoms with E-state index in [0.717, 1.165) is 17.8 Å². The Bertz CT molecular complexity index is 492. The van der Waals surface area contributed by atoms with Gasteiger partial charge in [-0.2, -0.15) is 0 Å². The smallest absolute Gasteiger partial charge is 0.178 e. The summed E-state index contributed by atoms with van der Waals surface area (Å²) in [5.74, 6) is 1.18. The second-order valence-electron chi connectivity index (χ2n) is 4.32. The van der Waals surface area contributed by atoms with Gasteiger partial charge in [0.2, 0.25) is 0 Å². The van der Waals surface area contributed by atoms with E-state index >= 15 is 0 Å². The molecule has 0 saturated heterocycles. The summed E-state index contributed by atoms with van der Waals surface area (Å²) in [6.07, 6.45) is 4.62. The van der Waals surface area contributed by atoms with Crippen molar-refractivity contribution in [3.63, 3.8) is 0 Å². The zero-order valence-electron chi connectivity index (χ0n) is 10.5. The van der Waals surface area contributed by atoms with Crippen LogP contribution in [0.3, 0.4) is 0 Å². The van der Waals surface area contributed by atoms with Gasteiger partial charge in [0.15, 0.2) is 5.82 Å². The molecule has 2 aromatic rings. The van der Waals surface area contributed by atoms with E-state index in [-0.39, 0.29) is 0 Å². The number of pyridine rings is 1. The van der Waals surface area contributed by atoms with E-state index in [9.17, 15) is 0 Å². The lowest BCUT2D eigenvalue weighted by Crippen LogP contribution is -2.03. The van der Waals surface area contributed by atoms with Crippen LogP contribution >= 0.6 is 0 Å². The molecule has 2 rings (SSSR count). The van der Waals surface area contributed by atoms with E-state index in [0.29, 0.717) is 11.7 Å². The highest BCUT2D eigenvalue weighted by Crippen LogP contribution is 2.20. The van der Waals surface area contributed by atoms with Crippen LogP contribution in [-0.2, 0) is 6.42 Å². The topological polar surface area (TPSA) is 38.7 Å². The maximum Gasteiger partial charge on any atom is 0.178 e. The molecule has 0 atom stereocenters. The van der Waals surface area contributed by atoms with Crippen molar-refractivity contribution in [1.29, 1.82) is 0 Å². The summed E-state index contributed by atoms with van der Waals surface area (Å²) < 4.78 is 0. The standard InChI is InChI=1S/C14H17N3/c1-4-12-11(10(2)3)9-16-14(17-12)13-7-5-6-8-15-13/h5-10H,4H2,1-3H3. The molecule has 0 aliphatic rings. The zero-order valence-corrected chi connectivity index (χ0v) is 10.5. The van der Waals surface area contributed by atoms with Crippen LogP contribution in [0, 0.1) is 0 Å². The molecule has 0 unspecified atom stereocenters. The van der Waals surface area contributed by atoms with Crippen molar-refractivity contribution in [2.45, 2.75) is 33.1 Å². The van der Waals surface area contributed by atoms with Gasteiger partial charge >= 0.3 is 0 Å². The lowest BCUT2D eigenvalue weighted by molar-refractivity contribution is 0.811. The molecule has 3 heteroatoms. The van der Waals surface area contributed by atoms with E-state index in [1.807, 2.05) is 24.4 Å². The minimum absolute atomic E-state index is 0.461. The van der Waals surface area contributed by atoms with Gasteiger partial charge in [0.05, 0.1) is 0 Å². The normalized spacial score (nSPS) is 10.8. The van der Waals surface area contributed by atoms with Crippen LogP contribution < -0.4 is 0 Å². The highest BCUT2D eigenvalue weighted by atomic mass is 14.9. The first kappa shape index (κ1) is 11.7. The maximum absolute atomic E-state index is 4.61. The third-order valence-electron chi connectivity index (χ3n) is 2.75. The summed E-state index contributed by atoms with van der Waals surface area (Å²) in [6, 6.07) is 5.78. The van der Waals surface area contributed by atoms with Crippen molar-refractivity contribution in [3.8, 4) is 11.5 Å². The minimum atomic E-state index is 0.461. The fraction of sp³-hybridized carbons (Fsp3) is 0.357. The van der Waals surface area contributed by atoms with E-state index in [2.05, 4.69) is 35.7 Å². The third-order valence-corrected chi connectivity index (χ3v) is 2.75. The average molecular weight is 227 g/mol. The van der Waals surface area contributed by atoms with E-state index < -0.39 is 0 Å². The van der Waals surface area contributed by atoms with Gasteiger partial charge < -0.3 is 0 Å². The van der Waals surface area contributed by atoms with Gasteiger partial charge in [0, 0.05) is 18.1 Å². The molecule has 2 heterocycles. The molecule has 3 nitrogen and oxygen atoms in total. The quantitative estimate of drug-likeness (QED) is 0.808. The van der Waals surface area contributed by atoms with Gasteiger partial charge in [0.1, 0.15) is 5.69 Å². The van der Waals surface area contributed by atoms with Crippen LogP contribution in [0.25, 0.3) is 11.5 Å². The number of aryl methyl sites for hydroxylation is 1. The molecule has 0 saturated carbocycles. The van der Waals surface area contributed by atoms with Crippen LogP contribution in [0.5, 0.6) is 0 Å². The summed E-state index contributed by atoms with van der Waals surface area (Å²) in [4.78, 5) is 13.3. The average Bonchev–Trinajstić information content (AvgIpc) is 2.39. The summed E-state index contributed by atoms with van der Waals surface area (Å²) >= 11 is 0. The first-order valence-electron chi connectivity index (χ1n) is 5.99. The fourth-order valence-electron chi connectivity index (χ4n) is 1.81. The van der Waals surface area contributed by atoms with Crippen LogP contribution in [-0.4, -0.2) is 15.0 Å². The molecule has 0 aromatic carbocycles. The SMILES string of the molecule is CCc1nc(-c2ccccn2)ncc1C(C)C. The summed E-state index contributed by atoms with van der Waals surface area (Å²) in [7, 11) is 0. The Balaban J connectivity index is 2.45. The largest absolute Gasteiger partial charge is 0.253 e. The summed E-state index contributed by atoms with van der Waals surface area (Å²) in [5.41, 5.74) is 3.18. The molecule has 0 N–H and O–H groups in total. The molecule has 0 amide bonds.